The molecule has 0 aliphatic rings. The molecule has 3 N–H and O–H groups in total. The van der Waals surface area contributed by atoms with Gasteiger partial charge in [-0.05, 0) is 35.7 Å². The molecule has 0 aromatic heterocycles. The highest BCUT2D eigenvalue weighted by atomic mass is 79.9. The lowest BCUT2D eigenvalue weighted by Gasteiger charge is -2.24. The highest BCUT2D eigenvalue weighted by Gasteiger charge is 2.25. The van der Waals surface area contributed by atoms with Crippen LogP contribution in [0.5, 0.6) is 0 Å². The molecule has 2 rings (SSSR count). The third kappa shape index (κ3) is 2.92. The fourth-order valence-electron chi connectivity index (χ4n) is 2.36. The summed E-state index contributed by atoms with van der Waals surface area (Å²) in [6, 6.07) is 12.0. The van der Waals surface area contributed by atoms with Crippen molar-refractivity contribution in [2.45, 2.75) is 18.9 Å². The Balaban J connectivity index is 2.42. The van der Waals surface area contributed by atoms with Crippen LogP contribution in [0, 0.1) is 12.7 Å². The predicted molar refractivity (Wildman–Crippen MR) is 82.0 cm³/mol. The van der Waals surface area contributed by atoms with Crippen LogP contribution in [0.15, 0.2) is 46.9 Å². The molecule has 2 aromatic rings. The molecule has 0 bridgehead atoms. The second-order valence-electron chi connectivity index (χ2n) is 4.76. The van der Waals surface area contributed by atoms with Crippen LogP contribution in [-0.2, 0) is 0 Å². The van der Waals surface area contributed by atoms with E-state index >= 15 is 0 Å². The van der Waals surface area contributed by atoms with Crippen LogP contribution in [0.3, 0.4) is 0 Å². The van der Waals surface area contributed by atoms with Crippen molar-refractivity contribution in [3.05, 3.63) is 69.4 Å². The molecule has 2 atom stereocenters. The Bertz CT molecular complexity index is 603. The maximum absolute atomic E-state index is 13.9. The highest BCUT2D eigenvalue weighted by molar-refractivity contribution is 9.10. The Morgan fingerprint density at radius 3 is 2.45 bits per heavy atom. The molecule has 2 nitrogen and oxygen atoms in total. The summed E-state index contributed by atoms with van der Waals surface area (Å²) in [6.45, 7) is 2.09. The average molecular weight is 338 g/mol. The monoisotopic (exact) mass is 337 g/mol. The van der Waals surface area contributed by atoms with E-state index in [2.05, 4.69) is 15.9 Å². The average Bonchev–Trinajstić information content (AvgIpc) is 2.44. The number of nitrogens with two attached hydrogens (primary N) is 1. The number of hydrogen-bond acceptors (Lipinski definition) is 2. The van der Waals surface area contributed by atoms with Gasteiger partial charge in [0.2, 0.25) is 0 Å². The maximum Gasteiger partial charge on any atom is 0.126 e. The SMILES string of the molecule is Cc1c(Br)cccc1C(O)C(CN)c1ccccc1F. The Labute approximate surface area is 126 Å². The van der Waals surface area contributed by atoms with Crippen molar-refractivity contribution in [3.63, 3.8) is 0 Å². The minimum atomic E-state index is -0.839. The number of aliphatic hydroxyl groups is 1. The van der Waals surface area contributed by atoms with Gasteiger partial charge in [0.15, 0.2) is 0 Å². The fourth-order valence-corrected chi connectivity index (χ4v) is 2.74. The van der Waals surface area contributed by atoms with Gasteiger partial charge >= 0.3 is 0 Å². The third-order valence-electron chi connectivity index (χ3n) is 3.57. The molecule has 2 aromatic carbocycles. The zero-order chi connectivity index (χ0) is 14.7. The van der Waals surface area contributed by atoms with E-state index < -0.39 is 12.0 Å². The summed E-state index contributed by atoms with van der Waals surface area (Å²) in [5.41, 5.74) is 7.91. The first-order valence-electron chi connectivity index (χ1n) is 6.43. The summed E-state index contributed by atoms with van der Waals surface area (Å²) in [7, 11) is 0. The second-order valence-corrected chi connectivity index (χ2v) is 5.62. The number of benzene rings is 2. The van der Waals surface area contributed by atoms with E-state index in [1.807, 2.05) is 25.1 Å². The number of hydrogen-bond donors (Lipinski definition) is 2. The Kier molecular flexibility index (Phi) is 4.91. The summed E-state index contributed by atoms with van der Waals surface area (Å²) in [6.07, 6.45) is -0.839. The van der Waals surface area contributed by atoms with E-state index in [0.29, 0.717) is 5.56 Å². The van der Waals surface area contributed by atoms with E-state index in [4.69, 9.17) is 5.73 Å². The summed E-state index contributed by atoms with van der Waals surface area (Å²) < 4.78 is 14.8. The van der Waals surface area contributed by atoms with Crippen LogP contribution >= 0.6 is 15.9 Å². The number of aliphatic hydroxyl groups excluding tert-OH is 1. The molecule has 2 unspecified atom stereocenters. The van der Waals surface area contributed by atoms with E-state index in [1.165, 1.54) is 6.07 Å². The van der Waals surface area contributed by atoms with E-state index in [1.54, 1.807) is 18.2 Å². The molecule has 0 spiro atoms. The molecule has 4 heteroatoms. The summed E-state index contributed by atoms with van der Waals surface area (Å²) in [4.78, 5) is 0. The minimum Gasteiger partial charge on any atom is -0.388 e. The lowest BCUT2D eigenvalue weighted by Crippen LogP contribution is -2.21. The van der Waals surface area contributed by atoms with Gasteiger partial charge in [-0.3, -0.25) is 0 Å². The first-order valence-corrected chi connectivity index (χ1v) is 7.23. The molecule has 0 aliphatic carbocycles. The van der Waals surface area contributed by atoms with Gasteiger partial charge in [0.1, 0.15) is 5.82 Å². The van der Waals surface area contributed by atoms with Crippen LogP contribution in [0.1, 0.15) is 28.7 Å². The van der Waals surface area contributed by atoms with Crippen molar-refractivity contribution in [3.8, 4) is 0 Å². The summed E-state index contributed by atoms with van der Waals surface area (Å²) in [5, 5.41) is 10.6. The number of halogens is 2. The zero-order valence-electron chi connectivity index (χ0n) is 11.2. The van der Waals surface area contributed by atoms with Crippen LogP contribution in [-0.4, -0.2) is 11.7 Å². The van der Waals surface area contributed by atoms with Gasteiger partial charge in [0.25, 0.3) is 0 Å². The predicted octanol–water partition coefficient (Wildman–Crippen LogP) is 3.67. The standard InChI is InChI=1S/C16H17BrFNO/c1-10-11(6-4-7-14(10)17)16(20)13(9-19)12-5-2-3-8-15(12)18/h2-8,13,16,20H,9,19H2,1H3. The highest BCUT2D eigenvalue weighted by Crippen LogP contribution is 2.34. The van der Waals surface area contributed by atoms with Crippen molar-refractivity contribution in [2.24, 2.45) is 5.73 Å². The van der Waals surface area contributed by atoms with Crippen molar-refractivity contribution < 1.29 is 9.50 Å². The molecule has 0 fully saturated rings. The molecular formula is C16H17BrFNO. The van der Waals surface area contributed by atoms with E-state index in [9.17, 15) is 9.50 Å². The van der Waals surface area contributed by atoms with Gasteiger partial charge in [0.05, 0.1) is 6.10 Å². The Hall–Kier alpha value is -1.23. The van der Waals surface area contributed by atoms with Gasteiger partial charge in [-0.15, -0.1) is 0 Å². The maximum atomic E-state index is 13.9. The van der Waals surface area contributed by atoms with Crippen LogP contribution in [0.2, 0.25) is 0 Å². The first-order chi connectivity index (χ1) is 9.56. The normalized spacial score (nSPS) is 14.1. The van der Waals surface area contributed by atoms with Crippen molar-refractivity contribution >= 4 is 15.9 Å². The van der Waals surface area contributed by atoms with E-state index in [-0.39, 0.29) is 12.4 Å². The molecular weight excluding hydrogens is 321 g/mol. The van der Waals surface area contributed by atoms with E-state index in [0.717, 1.165) is 15.6 Å². The minimum absolute atomic E-state index is 0.175. The Morgan fingerprint density at radius 2 is 1.80 bits per heavy atom. The second kappa shape index (κ2) is 6.48. The first kappa shape index (κ1) is 15.2. The van der Waals surface area contributed by atoms with Crippen molar-refractivity contribution in [1.82, 2.24) is 0 Å². The van der Waals surface area contributed by atoms with Crippen molar-refractivity contribution in [1.29, 1.82) is 0 Å². The van der Waals surface area contributed by atoms with Crippen LogP contribution < -0.4 is 5.73 Å². The zero-order valence-corrected chi connectivity index (χ0v) is 12.8. The van der Waals surface area contributed by atoms with Gasteiger partial charge in [-0.25, -0.2) is 4.39 Å². The molecule has 106 valence electrons. The quantitative estimate of drug-likeness (QED) is 0.893. The van der Waals surface area contributed by atoms with Crippen LogP contribution in [0.4, 0.5) is 4.39 Å². The van der Waals surface area contributed by atoms with Crippen LogP contribution in [0.25, 0.3) is 0 Å². The third-order valence-corrected chi connectivity index (χ3v) is 4.43. The smallest absolute Gasteiger partial charge is 0.126 e. The van der Waals surface area contributed by atoms with Gasteiger partial charge in [-0.2, -0.15) is 0 Å². The fraction of sp³-hybridized carbons (Fsp3) is 0.250. The topological polar surface area (TPSA) is 46.2 Å². The summed E-state index contributed by atoms with van der Waals surface area (Å²) >= 11 is 3.44. The summed E-state index contributed by atoms with van der Waals surface area (Å²) in [5.74, 6) is -0.807. The molecule has 0 saturated heterocycles. The molecule has 0 saturated carbocycles. The lowest BCUT2D eigenvalue weighted by atomic mass is 9.87. The van der Waals surface area contributed by atoms with Gasteiger partial charge in [0, 0.05) is 16.9 Å². The molecule has 0 aliphatic heterocycles. The van der Waals surface area contributed by atoms with Gasteiger partial charge in [-0.1, -0.05) is 46.3 Å². The molecule has 0 amide bonds. The lowest BCUT2D eigenvalue weighted by molar-refractivity contribution is 0.145. The van der Waals surface area contributed by atoms with Gasteiger partial charge < -0.3 is 10.8 Å². The Morgan fingerprint density at radius 1 is 1.15 bits per heavy atom. The largest absolute Gasteiger partial charge is 0.388 e. The van der Waals surface area contributed by atoms with Crippen molar-refractivity contribution in [2.75, 3.05) is 6.54 Å². The molecule has 20 heavy (non-hydrogen) atoms. The molecule has 0 radical (unpaired) electrons. The number of rotatable bonds is 4. The molecule has 0 heterocycles.